The first-order valence-corrected chi connectivity index (χ1v) is 7.73. The van der Waals surface area contributed by atoms with Gasteiger partial charge in [0.25, 0.3) is 5.91 Å². The smallest absolute Gasteiger partial charge is 0.258 e. The third-order valence-electron chi connectivity index (χ3n) is 4.14. The van der Waals surface area contributed by atoms with E-state index in [0.717, 1.165) is 5.56 Å². The Morgan fingerprint density at radius 1 is 1.21 bits per heavy atom. The fourth-order valence-corrected chi connectivity index (χ4v) is 2.95. The summed E-state index contributed by atoms with van der Waals surface area (Å²) in [5, 5.41) is 22.9. The monoisotopic (exact) mass is 329 g/mol. The number of carbonyl (C=O) groups is 1. The third-order valence-corrected chi connectivity index (χ3v) is 4.14. The zero-order valence-corrected chi connectivity index (χ0v) is 12.9. The summed E-state index contributed by atoms with van der Waals surface area (Å²) >= 11 is 0. The Bertz CT molecular complexity index is 668. The van der Waals surface area contributed by atoms with Gasteiger partial charge in [-0.05, 0) is 24.1 Å². The Kier molecular flexibility index (Phi) is 5.02. The number of ether oxygens (including phenoxy) is 1. The van der Waals surface area contributed by atoms with E-state index in [1.54, 1.807) is 24.5 Å². The lowest BCUT2D eigenvalue weighted by Crippen LogP contribution is -2.46. The van der Waals surface area contributed by atoms with E-state index in [1.165, 1.54) is 6.33 Å². The van der Waals surface area contributed by atoms with Crippen LogP contribution in [0, 0.1) is 0 Å². The highest BCUT2D eigenvalue weighted by atomic mass is 16.5. The molecule has 24 heavy (non-hydrogen) atoms. The molecule has 0 spiro atoms. The summed E-state index contributed by atoms with van der Waals surface area (Å²) in [5.74, 6) is -0.0246. The standard InChI is InChI=1S/C17H19N3O4/c21-14-6-13(11-7-18-10-19-8-11)16(17(14)23)20-15(22)9-24-12-4-2-1-3-5-12/h1-5,7-8,10,13-14,16-17,21,23H,6,9H2,(H,20,22)/t13-,14-,16-,17-/m1/s1. The summed E-state index contributed by atoms with van der Waals surface area (Å²) in [6.45, 7) is -0.165. The van der Waals surface area contributed by atoms with Crippen LogP contribution < -0.4 is 10.1 Å². The molecule has 3 N–H and O–H groups in total. The van der Waals surface area contributed by atoms with E-state index < -0.39 is 18.2 Å². The summed E-state index contributed by atoms with van der Waals surface area (Å²) in [5.41, 5.74) is 0.766. The molecule has 1 aromatic heterocycles. The van der Waals surface area contributed by atoms with E-state index in [1.807, 2.05) is 18.2 Å². The number of amides is 1. The highest BCUT2D eigenvalue weighted by Crippen LogP contribution is 2.34. The number of nitrogens with zero attached hydrogens (tertiary/aromatic N) is 2. The first-order chi connectivity index (χ1) is 11.6. The molecular weight excluding hydrogens is 310 g/mol. The van der Waals surface area contributed by atoms with Crippen molar-refractivity contribution in [3.05, 3.63) is 54.6 Å². The minimum Gasteiger partial charge on any atom is -0.484 e. The van der Waals surface area contributed by atoms with Gasteiger partial charge in [0, 0.05) is 18.3 Å². The number of hydrogen-bond acceptors (Lipinski definition) is 6. The quantitative estimate of drug-likeness (QED) is 0.726. The molecule has 1 aromatic carbocycles. The number of aliphatic hydroxyl groups excluding tert-OH is 2. The van der Waals surface area contributed by atoms with Gasteiger partial charge < -0.3 is 20.3 Å². The molecule has 0 radical (unpaired) electrons. The highest BCUT2D eigenvalue weighted by molar-refractivity contribution is 5.78. The summed E-state index contributed by atoms with van der Waals surface area (Å²) in [6, 6.07) is 8.39. The minimum atomic E-state index is -1.05. The maximum Gasteiger partial charge on any atom is 0.258 e. The zero-order chi connectivity index (χ0) is 16.9. The molecule has 1 aliphatic rings. The van der Waals surface area contributed by atoms with E-state index in [9.17, 15) is 15.0 Å². The SMILES string of the molecule is O=C(COc1ccccc1)N[C@H]1[C@H](O)[C@H](O)C[C@@H]1c1cncnc1. The average molecular weight is 329 g/mol. The predicted octanol–water partition coefficient (Wildman–Crippen LogP) is 0.249. The van der Waals surface area contributed by atoms with Crippen molar-refractivity contribution in [2.24, 2.45) is 0 Å². The van der Waals surface area contributed by atoms with E-state index in [0.29, 0.717) is 12.2 Å². The average Bonchev–Trinajstić information content (AvgIpc) is 2.90. The molecule has 0 aliphatic heterocycles. The lowest BCUT2D eigenvalue weighted by atomic mass is 9.96. The van der Waals surface area contributed by atoms with Crippen LogP contribution in [0.4, 0.5) is 0 Å². The second kappa shape index (κ2) is 7.37. The van der Waals surface area contributed by atoms with Crippen molar-refractivity contribution in [3.8, 4) is 5.75 Å². The van der Waals surface area contributed by atoms with Crippen LogP contribution in [0.25, 0.3) is 0 Å². The van der Waals surface area contributed by atoms with Gasteiger partial charge in [0.05, 0.1) is 12.1 Å². The van der Waals surface area contributed by atoms with Gasteiger partial charge in [0.15, 0.2) is 6.61 Å². The maximum absolute atomic E-state index is 12.1. The molecule has 3 rings (SSSR count). The number of rotatable bonds is 5. The van der Waals surface area contributed by atoms with Crippen molar-refractivity contribution < 1.29 is 19.7 Å². The molecule has 7 heteroatoms. The van der Waals surface area contributed by atoms with Crippen LogP contribution in [0.1, 0.15) is 17.9 Å². The Balaban J connectivity index is 1.64. The number of benzene rings is 1. The minimum absolute atomic E-state index is 0.165. The molecule has 126 valence electrons. The van der Waals surface area contributed by atoms with Crippen LogP contribution in [0.15, 0.2) is 49.1 Å². The Morgan fingerprint density at radius 2 is 1.92 bits per heavy atom. The molecule has 1 amide bonds. The molecule has 1 saturated carbocycles. The van der Waals surface area contributed by atoms with Crippen molar-refractivity contribution in [3.63, 3.8) is 0 Å². The second-order valence-electron chi connectivity index (χ2n) is 5.77. The van der Waals surface area contributed by atoms with E-state index in [4.69, 9.17) is 4.74 Å². The number of carbonyl (C=O) groups excluding carboxylic acids is 1. The molecular formula is C17H19N3O4. The van der Waals surface area contributed by atoms with Crippen molar-refractivity contribution >= 4 is 5.91 Å². The highest BCUT2D eigenvalue weighted by Gasteiger charge is 2.43. The van der Waals surface area contributed by atoms with Gasteiger partial charge in [-0.25, -0.2) is 9.97 Å². The van der Waals surface area contributed by atoms with Crippen LogP contribution in [-0.2, 0) is 4.79 Å². The lowest BCUT2D eigenvalue weighted by molar-refractivity contribution is -0.124. The number of para-hydroxylation sites is 1. The molecule has 1 aliphatic carbocycles. The lowest BCUT2D eigenvalue weighted by Gasteiger charge is -2.23. The van der Waals surface area contributed by atoms with Crippen molar-refractivity contribution in [1.29, 1.82) is 0 Å². The van der Waals surface area contributed by atoms with Crippen LogP contribution in [-0.4, -0.2) is 50.9 Å². The summed E-state index contributed by atoms with van der Waals surface area (Å²) in [7, 11) is 0. The van der Waals surface area contributed by atoms with Gasteiger partial charge in [-0.3, -0.25) is 4.79 Å². The van der Waals surface area contributed by atoms with Crippen LogP contribution in [0.3, 0.4) is 0 Å². The first kappa shape index (κ1) is 16.4. The Labute approximate surface area is 139 Å². The number of nitrogens with one attached hydrogen (secondary N) is 1. The predicted molar refractivity (Wildman–Crippen MR) is 85.3 cm³/mol. The van der Waals surface area contributed by atoms with Crippen LogP contribution >= 0.6 is 0 Å². The molecule has 4 atom stereocenters. The van der Waals surface area contributed by atoms with E-state index >= 15 is 0 Å². The molecule has 0 unspecified atom stereocenters. The van der Waals surface area contributed by atoms with Gasteiger partial charge in [0.1, 0.15) is 18.2 Å². The summed E-state index contributed by atoms with van der Waals surface area (Å²) in [4.78, 5) is 20.1. The van der Waals surface area contributed by atoms with Crippen LogP contribution in [0.5, 0.6) is 5.75 Å². The zero-order valence-electron chi connectivity index (χ0n) is 12.9. The van der Waals surface area contributed by atoms with E-state index in [2.05, 4.69) is 15.3 Å². The number of aromatic nitrogens is 2. The summed E-state index contributed by atoms with van der Waals surface area (Å²) < 4.78 is 5.40. The maximum atomic E-state index is 12.1. The van der Waals surface area contributed by atoms with Gasteiger partial charge in [-0.2, -0.15) is 0 Å². The molecule has 1 heterocycles. The largest absolute Gasteiger partial charge is 0.484 e. The Hall–Kier alpha value is -2.51. The van der Waals surface area contributed by atoms with Crippen LogP contribution in [0.2, 0.25) is 0 Å². The molecule has 2 aromatic rings. The molecule has 1 fully saturated rings. The van der Waals surface area contributed by atoms with Gasteiger partial charge in [-0.1, -0.05) is 18.2 Å². The fourth-order valence-electron chi connectivity index (χ4n) is 2.95. The Morgan fingerprint density at radius 3 is 2.62 bits per heavy atom. The van der Waals surface area contributed by atoms with Gasteiger partial charge in [0.2, 0.25) is 0 Å². The van der Waals surface area contributed by atoms with Crippen molar-refractivity contribution in [2.75, 3.05) is 6.61 Å². The molecule has 0 saturated heterocycles. The molecule has 7 nitrogen and oxygen atoms in total. The summed E-state index contributed by atoms with van der Waals surface area (Å²) in [6.07, 6.45) is 3.04. The molecule has 0 bridgehead atoms. The number of aliphatic hydroxyl groups is 2. The topological polar surface area (TPSA) is 105 Å². The van der Waals surface area contributed by atoms with Gasteiger partial charge >= 0.3 is 0 Å². The number of hydrogen-bond donors (Lipinski definition) is 3. The van der Waals surface area contributed by atoms with Gasteiger partial charge in [-0.15, -0.1) is 0 Å². The van der Waals surface area contributed by atoms with E-state index in [-0.39, 0.29) is 18.4 Å². The fraction of sp³-hybridized carbons (Fsp3) is 0.353. The second-order valence-corrected chi connectivity index (χ2v) is 5.77. The normalized spacial score (nSPS) is 26.1. The van der Waals surface area contributed by atoms with Crippen molar-refractivity contribution in [1.82, 2.24) is 15.3 Å². The third kappa shape index (κ3) is 3.69. The van der Waals surface area contributed by atoms with Crippen molar-refractivity contribution in [2.45, 2.75) is 30.6 Å². The first-order valence-electron chi connectivity index (χ1n) is 7.73.